The zero-order valence-electron chi connectivity index (χ0n) is 10.7. The predicted octanol–water partition coefficient (Wildman–Crippen LogP) is 3.45. The average molecular weight is 263 g/mol. The molecule has 18 heavy (non-hydrogen) atoms. The number of allylic oxidation sites excluding steroid dienone is 2. The maximum absolute atomic E-state index is 5.99. The van der Waals surface area contributed by atoms with Gasteiger partial charge in [0.15, 0.2) is 0 Å². The third-order valence-electron chi connectivity index (χ3n) is 4.30. The van der Waals surface area contributed by atoms with Gasteiger partial charge in [-0.1, -0.05) is 17.7 Å². The van der Waals surface area contributed by atoms with E-state index in [1.165, 1.54) is 43.5 Å². The SMILES string of the molecule is Cc1cc(C2=CC[C@H]3CCNC[C@H]3C2)cnc1Cl. The van der Waals surface area contributed by atoms with Crippen LogP contribution >= 0.6 is 11.6 Å². The molecule has 3 heteroatoms. The monoisotopic (exact) mass is 262 g/mol. The molecule has 1 aromatic rings. The molecule has 0 radical (unpaired) electrons. The maximum atomic E-state index is 5.99. The maximum Gasteiger partial charge on any atom is 0.131 e. The van der Waals surface area contributed by atoms with Crippen molar-refractivity contribution in [2.24, 2.45) is 11.8 Å². The summed E-state index contributed by atoms with van der Waals surface area (Å²) in [5, 5.41) is 4.13. The van der Waals surface area contributed by atoms with Crippen molar-refractivity contribution in [3.63, 3.8) is 0 Å². The van der Waals surface area contributed by atoms with Crippen LogP contribution in [0.4, 0.5) is 0 Å². The van der Waals surface area contributed by atoms with E-state index in [0.717, 1.165) is 17.4 Å². The summed E-state index contributed by atoms with van der Waals surface area (Å²) in [5.74, 6) is 1.69. The Morgan fingerprint density at radius 3 is 3.11 bits per heavy atom. The van der Waals surface area contributed by atoms with Crippen LogP contribution in [0.5, 0.6) is 0 Å². The first kappa shape index (κ1) is 12.2. The molecule has 0 spiro atoms. The molecule has 0 unspecified atom stereocenters. The van der Waals surface area contributed by atoms with E-state index in [-0.39, 0.29) is 0 Å². The van der Waals surface area contributed by atoms with Gasteiger partial charge in [-0.25, -0.2) is 4.98 Å². The number of rotatable bonds is 1. The Bertz CT molecular complexity index is 481. The minimum Gasteiger partial charge on any atom is -0.316 e. The lowest BCUT2D eigenvalue weighted by molar-refractivity contribution is 0.252. The van der Waals surface area contributed by atoms with Crippen LogP contribution in [0.15, 0.2) is 18.3 Å². The van der Waals surface area contributed by atoms with Crippen LogP contribution in [0.2, 0.25) is 5.15 Å². The molecule has 2 atom stereocenters. The fourth-order valence-electron chi connectivity index (χ4n) is 3.16. The number of aromatic nitrogens is 1. The Morgan fingerprint density at radius 1 is 1.39 bits per heavy atom. The zero-order chi connectivity index (χ0) is 12.5. The van der Waals surface area contributed by atoms with E-state index < -0.39 is 0 Å². The molecule has 0 aromatic carbocycles. The number of nitrogens with one attached hydrogen (secondary N) is 1. The van der Waals surface area contributed by atoms with E-state index >= 15 is 0 Å². The predicted molar refractivity (Wildman–Crippen MR) is 75.7 cm³/mol. The second-order valence-corrected chi connectivity index (χ2v) is 5.87. The Balaban J connectivity index is 1.84. The molecular formula is C15H19ClN2. The van der Waals surface area contributed by atoms with Crippen molar-refractivity contribution in [2.75, 3.05) is 13.1 Å². The number of pyridine rings is 1. The summed E-state index contributed by atoms with van der Waals surface area (Å²) in [6, 6.07) is 2.16. The summed E-state index contributed by atoms with van der Waals surface area (Å²) in [7, 11) is 0. The van der Waals surface area contributed by atoms with Crippen molar-refractivity contribution in [3.8, 4) is 0 Å². The van der Waals surface area contributed by atoms with Crippen LogP contribution in [-0.2, 0) is 0 Å². The summed E-state index contributed by atoms with van der Waals surface area (Å²) < 4.78 is 0. The van der Waals surface area contributed by atoms with Crippen LogP contribution in [0.25, 0.3) is 5.57 Å². The molecular weight excluding hydrogens is 244 g/mol. The topological polar surface area (TPSA) is 24.9 Å². The minimum atomic E-state index is 0.618. The van der Waals surface area contributed by atoms with Crippen molar-refractivity contribution in [1.29, 1.82) is 0 Å². The highest BCUT2D eigenvalue weighted by molar-refractivity contribution is 6.30. The highest BCUT2D eigenvalue weighted by atomic mass is 35.5. The Labute approximate surface area is 113 Å². The molecule has 0 amide bonds. The van der Waals surface area contributed by atoms with Gasteiger partial charge in [0, 0.05) is 6.20 Å². The highest BCUT2D eigenvalue weighted by Gasteiger charge is 2.28. The lowest BCUT2D eigenvalue weighted by Crippen LogP contribution is -2.37. The van der Waals surface area contributed by atoms with Crippen molar-refractivity contribution in [2.45, 2.75) is 26.2 Å². The molecule has 1 aromatic heterocycles. The molecule has 2 aliphatic rings. The summed E-state index contributed by atoms with van der Waals surface area (Å²) >= 11 is 5.99. The normalized spacial score (nSPS) is 27.6. The lowest BCUT2D eigenvalue weighted by Gasteiger charge is -2.35. The van der Waals surface area contributed by atoms with E-state index in [2.05, 4.69) is 22.4 Å². The molecule has 1 aliphatic heterocycles. The molecule has 96 valence electrons. The third kappa shape index (κ3) is 2.32. The standard InChI is InChI=1S/C15H19ClN2/c1-10-6-13(9-18-15(10)16)12-3-2-11-4-5-17-8-14(11)7-12/h3,6,9,11,14,17H,2,4-5,7-8H2,1H3/t11-,14+/m0/s1. The Morgan fingerprint density at radius 2 is 2.28 bits per heavy atom. The molecule has 3 rings (SSSR count). The molecule has 0 saturated carbocycles. The molecule has 2 heterocycles. The van der Waals surface area contributed by atoms with E-state index in [9.17, 15) is 0 Å². The number of halogens is 1. The number of hydrogen-bond donors (Lipinski definition) is 1. The summed E-state index contributed by atoms with van der Waals surface area (Å²) in [6.45, 7) is 4.38. The smallest absolute Gasteiger partial charge is 0.131 e. The fraction of sp³-hybridized carbons (Fsp3) is 0.533. The third-order valence-corrected chi connectivity index (χ3v) is 4.70. The van der Waals surface area contributed by atoms with E-state index in [4.69, 9.17) is 11.6 Å². The minimum absolute atomic E-state index is 0.618. The van der Waals surface area contributed by atoms with Crippen LogP contribution in [0, 0.1) is 18.8 Å². The number of fused-ring (bicyclic) bond motifs is 1. The highest BCUT2D eigenvalue weighted by Crippen LogP contribution is 2.37. The second kappa shape index (κ2) is 5.02. The van der Waals surface area contributed by atoms with Crippen molar-refractivity contribution in [1.82, 2.24) is 10.3 Å². The number of piperidine rings is 1. The van der Waals surface area contributed by atoms with Crippen LogP contribution < -0.4 is 5.32 Å². The fourth-order valence-corrected chi connectivity index (χ4v) is 3.26. The van der Waals surface area contributed by atoms with E-state index in [1.807, 2.05) is 13.1 Å². The van der Waals surface area contributed by atoms with E-state index in [0.29, 0.717) is 5.15 Å². The van der Waals surface area contributed by atoms with Crippen molar-refractivity contribution < 1.29 is 0 Å². The van der Waals surface area contributed by atoms with Crippen LogP contribution in [0.3, 0.4) is 0 Å². The summed E-state index contributed by atoms with van der Waals surface area (Å²) in [6.07, 6.45) is 8.06. The van der Waals surface area contributed by atoms with Gasteiger partial charge in [-0.3, -0.25) is 0 Å². The van der Waals surface area contributed by atoms with Crippen LogP contribution in [-0.4, -0.2) is 18.1 Å². The molecule has 1 N–H and O–H groups in total. The lowest BCUT2D eigenvalue weighted by atomic mass is 9.75. The first-order valence-corrected chi connectivity index (χ1v) is 7.14. The summed E-state index contributed by atoms with van der Waals surface area (Å²) in [5.41, 5.74) is 3.77. The first-order valence-electron chi connectivity index (χ1n) is 6.76. The van der Waals surface area contributed by atoms with Crippen LogP contribution in [0.1, 0.15) is 30.4 Å². The number of aryl methyl sites for hydroxylation is 1. The van der Waals surface area contributed by atoms with Gasteiger partial charge in [0.25, 0.3) is 0 Å². The van der Waals surface area contributed by atoms with Gasteiger partial charge in [0.1, 0.15) is 5.15 Å². The Kier molecular flexibility index (Phi) is 3.40. The quantitative estimate of drug-likeness (QED) is 0.785. The van der Waals surface area contributed by atoms with E-state index in [1.54, 1.807) is 0 Å². The largest absolute Gasteiger partial charge is 0.316 e. The summed E-state index contributed by atoms with van der Waals surface area (Å²) in [4.78, 5) is 4.27. The van der Waals surface area contributed by atoms with Gasteiger partial charge in [-0.05, 0) is 73.9 Å². The van der Waals surface area contributed by atoms with Gasteiger partial charge < -0.3 is 5.32 Å². The van der Waals surface area contributed by atoms with Gasteiger partial charge >= 0.3 is 0 Å². The first-order chi connectivity index (χ1) is 8.74. The zero-order valence-corrected chi connectivity index (χ0v) is 11.5. The van der Waals surface area contributed by atoms with Crippen molar-refractivity contribution >= 4 is 17.2 Å². The van der Waals surface area contributed by atoms with Gasteiger partial charge in [-0.15, -0.1) is 0 Å². The van der Waals surface area contributed by atoms with Crippen molar-refractivity contribution in [3.05, 3.63) is 34.6 Å². The molecule has 1 aliphatic carbocycles. The molecule has 0 bridgehead atoms. The van der Waals surface area contributed by atoms with Gasteiger partial charge in [0.05, 0.1) is 0 Å². The number of nitrogens with zero attached hydrogens (tertiary/aromatic N) is 1. The molecule has 1 saturated heterocycles. The molecule has 2 nitrogen and oxygen atoms in total. The molecule has 1 fully saturated rings. The second-order valence-electron chi connectivity index (χ2n) is 5.51. The van der Waals surface area contributed by atoms with Gasteiger partial charge in [0.2, 0.25) is 0 Å². The number of hydrogen-bond acceptors (Lipinski definition) is 2. The Hall–Kier alpha value is -0.860. The van der Waals surface area contributed by atoms with Gasteiger partial charge in [-0.2, -0.15) is 0 Å². The average Bonchev–Trinajstić information content (AvgIpc) is 2.41.